The first-order chi connectivity index (χ1) is 15.5. The van der Waals surface area contributed by atoms with Crippen LogP contribution in [0.15, 0.2) is 72.5 Å². The van der Waals surface area contributed by atoms with Crippen LogP contribution in [0.5, 0.6) is 5.75 Å². The van der Waals surface area contributed by atoms with Crippen LogP contribution in [-0.4, -0.2) is 22.0 Å². The normalized spacial score (nSPS) is 11.7. The number of nitrogens with one attached hydrogen (secondary N) is 2. The van der Waals surface area contributed by atoms with Gasteiger partial charge in [0.25, 0.3) is 5.91 Å². The zero-order valence-electron chi connectivity index (χ0n) is 17.2. The third kappa shape index (κ3) is 6.16. The number of aromatic nitrogens is 1. The van der Waals surface area contributed by atoms with E-state index in [4.69, 9.17) is 0 Å². The van der Waals surface area contributed by atoms with Gasteiger partial charge < -0.3 is 10.4 Å². The number of amides is 1. The molecule has 0 aliphatic carbocycles. The summed E-state index contributed by atoms with van der Waals surface area (Å²) in [5.74, 6) is -1.89. The van der Waals surface area contributed by atoms with Gasteiger partial charge in [-0.05, 0) is 42.8 Å². The molecule has 0 bridgehead atoms. The van der Waals surface area contributed by atoms with E-state index in [0.29, 0.717) is 5.57 Å². The largest absolute Gasteiger partial charge is 0.506 e. The standard InChI is InChI=1S/C23H18F4N4O2/c1-13(2)19-7-6-14(8-20(19)24)21(33)31-22(30-17-10-18(32)12-28-11-17)29-16-5-3-4-15(9-16)23(25,26)27/h3-12,32H,1H2,2H3,(H2,29,30,31,33). The number of nitrogens with zero attached hydrogens (tertiary/aromatic N) is 2. The van der Waals surface area contributed by atoms with E-state index in [0.717, 1.165) is 18.2 Å². The maximum absolute atomic E-state index is 14.3. The van der Waals surface area contributed by atoms with E-state index in [1.54, 1.807) is 6.92 Å². The molecular formula is C23H18F4N4O2. The van der Waals surface area contributed by atoms with Crippen molar-refractivity contribution in [1.29, 1.82) is 0 Å². The first-order valence-electron chi connectivity index (χ1n) is 9.46. The summed E-state index contributed by atoms with van der Waals surface area (Å²) in [6.45, 7) is 5.27. The molecule has 0 unspecified atom stereocenters. The Labute approximate surface area is 186 Å². The van der Waals surface area contributed by atoms with Gasteiger partial charge in [-0.3, -0.25) is 15.1 Å². The zero-order valence-corrected chi connectivity index (χ0v) is 17.2. The summed E-state index contributed by atoms with van der Waals surface area (Å²) >= 11 is 0. The van der Waals surface area contributed by atoms with Crippen molar-refractivity contribution in [2.75, 3.05) is 5.32 Å². The van der Waals surface area contributed by atoms with Gasteiger partial charge in [0.1, 0.15) is 11.6 Å². The monoisotopic (exact) mass is 458 g/mol. The predicted molar refractivity (Wildman–Crippen MR) is 117 cm³/mol. The van der Waals surface area contributed by atoms with Gasteiger partial charge in [0.05, 0.1) is 29.3 Å². The highest BCUT2D eigenvalue weighted by molar-refractivity contribution is 6.10. The van der Waals surface area contributed by atoms with Crippen LogP contribution in [0.1, 0.15) is 28.4 Å². The first-order valence-corrected chi connectivity index (χ1v) is 9.46. The van der Waals surface area contributed by atoms with Crippen molar-refractivity contribution in [2.45, 2.75) is 13.1 Å². The van der Waals surface area contributed by atoms with Crippen LogP contribution in [0.3, 0.4) is 0 Å². The Morgan fingerprint density at radius 2 is 1.88 bits per heavy atom. The SMILES string of the molecule is C=C(C)c1ccc(C(=O)NC(=Nc2cccc(C(F)(F)F)c2)Nc2cncc(O)c2)cc1F. The van der Waals surface area contributed by atoms with Crippen LogP contribution < -0.4 is 10.6 Å². The minimum absolute atomic E-state index is 0.0509. The summed E-state index contributed by atoms with van der Waals surface area (Å²) in [6, 6.07) is 9.21. The summed E-state index contributed by atoms with van der Waals surface area (Å²) in [6.07, 6.45) is -2.12. The lowest BCUT2D eigenvalue weighted by molar-refractivity contribution is -0.137. The van der Waals surface area contributed by atoms with Gasteiger partial charge in [-0.2, -0.15) is 13.2 Å². The van der Waals surface area contributed by atoms with Gasteiger partial charge in [-0.25, -0.2) is 9.38 Å². The van der Waals surface area contributed by atoms with Crippen molar-refractivity contribution in [3.63, 3.8) is 0 Å². The van der Waals surface area contributed by atoms with Gasteiger partial charge in [0, 0.05) is 17.2 Å². The smallest absolute Gasteiger partial charge is 0.416 e. The lowest BCUT2D eigenvalue weighted by Gasteiger charge is -2.13. The fourth-order valence-electron chi connectivity index (χ4n) is 2.78. The predicted octanol–water partition coefficient (Wildman–Crippen LogP) is 5.51. The molecule has 0 spiro atoms. The molecule has 170 valence electrons. The number of rotatable bonds is 4. The molecule has 0 saturated heterocycles. The number of aliphatic imine (C=N–C) groups is 1. The topological polar surface area (TPSA) is 86.6 Å². The molecule has 1 amide bonds. The number of allylic oxidation sites excluding steroid dienone is 1. The van der Waals surface area contributed by atoms with E-state index in [9.17, 15) is 27.5 Å². The van der Waals surface area contributed by atoms with Crippen molar-refractivity contribution in [3.05, 3.63) is 90.0 Å². The van der Waals surface area contributed by atoms with Crippen molar-refractivity contribution in [3.8, 4) is 5.75 Å². The Balaban J connectivity index is 1.95. The van der Waals surface area contributed by atoms with Crippen molar-refractivity contribution >= 4 is 28.8 Å². The van der Waals surface area contributed by atoms with Crippen LogP contribution >= 0.6 is 0 Å². The average molecular weight is 458 g/mol. The highest BCUT2D eigenvalue weighted by Crippen LogP contribution is 2.31. The summed E-state index contributed by atoms with van der Waals surface area (Å²) in [5, 5.41) is 14.7. The second kappa shape index (κ2) is 9.51. The van der Waals surface area contributed by atoms with E-state index >= 15 is 0 Å². The molecule has 3 N–H and O–H groups in total. The van der Waals surface area contributed by atoms with E-state index in [1.807, 2.05) is 0 Å². The molecule has 1 aromatic heterocycles. The summed E-state index contributed by atoms with van der Waals surface area (Å²) in [4.78, 5) is 20.5. The lowest BCUT2D eigenvalue weighted by Crippen LogP contribution is -2.36. The molecular weight excluding hydrogens is 440 g/mol. The number of anilines is 1. The van der Waals surface area contributed by atoms with Crippen molar-refractivity contribution < 1.29 is 27.5 Å². The van der Waals surface area contributed by atoms with Crippen LogP contribution in [0, 0.1) is 5.82 Å². The minimum atomic E-state index is -4.58. The van der Waals surface area contributed by atoms with Gasteiger partial charge in [0.2, 0.25) is 5.96 Å². The van der Waals surface area contributed by atoms with E-state index < -0.39 is 23.5 Å². The number of guanidine groups is 1. The third-order valence-corrected chi connectivity index (χ3v) is 4.32. The molecule has 6 nitrogen and oxygen atoms in total. The first kappa shape index (κ1) is 23.5. The summed E-state index contributed by atoms with van der Waals surface area (Å²) in [7, 11) is 0. The number of alkyl halides is 3. The molecule has 2 aromatic carbocycles. The van der Waals surface area contributed by atoms with Crippen molar-refractivity contribution in [1.82, 2.24) is 10.3 Å². The number of pyridine rings is 1. The Hall–Kier alpha value is -4.21. The van der Waals surface area contributed by atoms with E-state index in [2.05, 4.69) is 27.2 Å². The third-order valence-electron chi connectivity index (χ3n) is 4.32. The molecule has 0 fully saturated rings. The van der Waals surface area contributed by atoms with E-state index in [1.165, 1.54) is 42.7 Å². The lowest BCUT2D eigenvalue weighted by atomic mass is 10.1. The molecule has 0 aliphatic heterocycles. The van der Waals surface area contributed by atoms with Gasteiger partial charge >= 0.3 is 6.18 Å². The minimum Gasteiger partial charge on any atom is -0.506 e. The van der Waals surface area contributed by atoms with Gasteiger partial charge in [-0.1, -0.05) is 18.7 Å². The molecule has 10 heteroatoms. The Morgan fingerprint density at radius 1 is 1.12 bits per heavy atom. The van der Waals surface area contributed by atoms with Crippen molar-refractivity contribution in [2.24, 2.45) is 4.99 Å². The summed E-state index contributed by atoms with van der Waals surface area (Å²) in [5.41, 5.74) is -0.164. The number of hydrogen-bond donors (Lipinski definition) is 3. The maximum Gasteiger partial charge on any atom is 0.416 e. The number of carbonyl (C=O) groups is 1. The molecule has 0 radical (unpaired) electrons. The van der Waals surface area contributed by atoms with Crippen LogP contribution in [0.2, 0.25) is 0 Å². The number of aromatic hydroxyl groups is 1. The molecule has 33 heavy (non-hydrogen) atoms. The zero-order chi connectivity index (χ0) is 24.2. The fourth-order valence-corrected chi connectivity index (χ4v) is 2.78. The fraction of sp³-hybridized carbons (Fsp3) is 0.0870. The quantitative estimate of drug-likeness (QED) is 0.274. The number of benzene rings is 2. The number of halogens is 4. The molecule has 1 heterocycles. The summed E-state index contributed by atoms with van der Waals surface area (Å²) < 4.78 is 53.4. The van der Waals surface area contributed by atoms with Crippen LogP contribution in [-0.2, 0) is 6.18 Å². The highest BCUT2D eigenvalue weighted by Gasteiger charge is 2.30. The average Bonchev–Trinajstić information content (AvgIpc) is 2.73. The Morgan fingerprint density at radius 3 is 2.52 bits per heavy atom. The molecule has 0 saturated carbocycles. The molecule has 3 rings (SSSR count). The highest BCUT2D eigenvalue weighted by atomic mass is 19.4. The van der Waals surface area contributed by atoms with Gasteiger partial charge in [-0.15, -0.1) is 0 Å². The Kier molecular flexibility index (Phi) is 6.76. The molecule has 3 aromatic rings. The Bertz CT molecular complexity index is 1240. The molecule has 0 atom stereocenters. The number of carbonyl (C=O) groups excluding carboxylic acids is 1. The maximum atomic E-state index is 14.3. The molecule has 0 aliphatic rings. The van der Waals surface area contributed by atoms with E-state index in [-0.39, 0.29) is 34.2 Å². The number of hydrogen-bond acceptors (Lipinski definition) is 4. The van der Waals surface area contributed by atoms with Crippen LogP contribution in [0.25, 0.3) is 5.57 Å². The second-order valence-electron chi connectivity index (χ2n) is 6.99. The second-order valence-corrected chi connectivity index (χ2v) is 6.99. The van der Waals surface area contributed by atoms with Crippen LogP contribution in [0.4, 0.5) is 28.9 Å². The van der Waals surface area contributed by atoms with Gasteiger partial charge in [0.15, 0.2) is 0 Å².